The minimum absolute atomic E-state index is 1.08. The Hall–Kier alpha value is -1.64. The molecule has 0 atom stereocenters. The van der Waals surface area contributed by atoms with E-state index >= 15 is 0 Å². The largest absolute Gasteiger partial charge is 0.302 e. The van der Waals surface area contributed by atoms with Crippen molar-refractivity contribution in [3.8, 4) is 11.1 Å². The predicted molar refractivity (Wildman–Crippen MR) is 101 cm³/mol. The van der Waals surface area contributed by atoms with Gasteiger partial charge in [0.1, 0.15) is 0 Å². The van der Waals surface area contributed by atoms with Crippen molar-refractivity contribution in [3.05, 3.63) is 57.6 Å². The Morgan fingerprint density at radius 1 is 0.667 bits per heavy atom. The fourth-order valence-corrected chi connectivity index (χ4v) is 4.52. The maximum atomic E-state index is 2.43. The molecule has 0 spiro atoms. The number of fused-ring (bicyclic) bond motifs is 2. The molecule has 0 unspecified atom stereocenters. The van der Waals surface area contributed by atoms with Crippen LogP contribution in [0.3, 0.4) is 0 Å². The number of likely N-dealkylation sites (N-methyl/N-ethyl adjacent to an activating group) is 2. The molecular weight excluding hydrogens is 292 g/mol. The van der Waals surface area contributed by atoms with E-state index in [-0.39, 0.29) is 0 Å². The van der Waals surface area contributed by atoms with Gasteiger partial charge in [0.2, 0.25) is 0 Å². The lowest BCUT2D eigenvalue weighted by Gasteiger charge is -2.32. The van der Waals surface area contributed by atoms with Crippen LogP contribution in [0, 0.1) is 13.8 Å². The van der Waals surface area contributed by atoms with Crippen LogP contribution in [0.4, 0.5) is 0 Å². The van der Waals surface area contributed by atoms with Gasteiger partial charge in [0.05, 0.1) is 0 Å². The Morgan fingerprint density at radius 2 is 1.08 bits per heavy atom. The molecule has 2 aliphatic heterocycles. The Bertz CT molecular complexity index is 724. The molecule has 0 N–H and O–H groups in total. The van der Waals surface area contributed by atoms with Crippen molar-refractivity contribution in [3.63, 3.8) is 0 Å². The summed E-state index contributed by atoms with van der Waals surface area (Å²) in [6.45, 7) is 9.09. The number of hydrogen-bond acceptors (Lipinski definition) is 2. The first-order valence-electron chi connectivity index (χ1n) is 9.14. The molecule has 2 heteroatoms. The molecule has 0 saturated heterocycles. The molecular formula is C22H28N2. The highest BCUT2D eigenvalue weighted by atomic mass is 15.1. The highest BCUT2D eigenvalue weighted by molar-refractivity contribution is 5.79. The molecule has 0 bridgehead atoms. The van der Waals surface area contributed by atoms with Crippen molar-refractivity contribution in [2.24, 2.45) is 0 Å². The van der Waals surface area contributed by atoms with Gasteiger partial charge >= 0.3 is 0 Å². The first kappa shape index (κ1) is 15.9. The van der Waals surface area contributed by atoms with E-state index in [9.17, 15) is 0 Å². The summed E-state index contributed by atoms with van der Waals surface area (Å²) in [5.74, 6) is 0. The summed E-state index contributed by atoms with van der Waals surface area (Å²) >= 11 is 0. The molecule has 24 heavy (non-hydrogen) atoms. The normalized spacial score (nSPS) is 18.3. The van der Waals surface area contributed by atoms with E-state index in [4.69, 9.17) is 0 Å². The SMILES string of the molecule is Cc1ccc2c(c1-c1c(C)ccc3c1CCN(C)C3)CCN(C)C2. The third kappa shape index (κ3) is 2.58. The van der Waals surface area contributed by atoms with Crippen LogP contribution in [0.2, 0.25) is 0 Å². The van der Waals surface area contributed by atoms with Gasteiger partial charge in [0.25, 0.3) is 0 Å². The first-order chi connectivity index (χ1) is 11.5. The van der Waals surface area contributed by atoms with Gasteiger partial charge in [-0.25, -0.2) is 0 Å². The Kier molecular flexibility index (Phi) is 3.98. The van der Waals surface area contributed by atoms with Crippen molar-refractivity contribution in [2.75, 3.05) is 27.2 Å². The van der Waals surface area contributed by atoms with Crippen LogP contribution in [-0.4, -0.2) is 37.0 Å². The maximum absolute atomic E-state index is 2.43. The van der Waals surface area contributed by atoms with Gasteiger partial charge in [-0.2, -0.15) is 0 Å². The molecule has 2 heterocycles. The molecule has 0 aromatic heterocycles. The topological polar surface area (TPSA) is 6.48 Å². The highest BCUT2D eigenvalue weighted by Crippen LogP contribution is 2.39. The number of nitrogens with zero attached hydrogens (tertiary/aromatic N) is 2. The van der Waals surface area contributed by atoms with Crippen molar-refractivity contribution < 1.29 is 0 Å². The van der Waals surface area contributed by atoms with E-state index in [0.717, 1.165) is 13.1 Å². The zero-order chi connectivity index (χ0) is 16.8. The van der Waals surface area contributed by atoms with Crippen molar-refractivity contribution in [2.45, 2.75) is 39.8 Å². The third-order valence-electron chi connectivity index (χ3n) is 5.85. The van der Waals surface area contributed by atoms with E-state index in [0.29, 0.717) is 0 Å². The van der Waals surface area contributed by atoms with Crippen molar-refractivity contribution in [1.29, 1.82) is 0 Å². The molecule has 4 rings (SSSR count). The fraction of sp³-hybridized carbons (Fsp3) is 0.455. The van der Waals surface area contributed by atoms with Crippen LogP contribution in [0.1, 0.15) is 33.4 Å². The number of aryl methyl sites for hydroxylation is 2. The lowest BCUT2D eigenvalue weighted by molar-refractivity contribution is 0.312. The fourth-order valence-electron chi connectivity index (χ4n) is 4.52. The maximum Gasteiger partial charge on any atom is 0.0233 e. The second-order valence-electron chi connectivity index (χ2n) is 7.77. The van der Waals surface area contributed by atoms with E-state index < -0.39 is 0 Å². The van der Waals surface area contributed by atoms with Gasteiger partial charge in [-0.3, -0.25) is 0 Å². The van der Waals surface area contributed by atoms with Crippen molar-refractivity contribution in [1.82, 2.24) is 9.80 Å². The van der Waals surface area contributed by atoms with Gasteiger partial charge in [0, 0.05) is 26.2 Å². The summed E-state index contributed by atoms with van der Waals surface area (Å²) in [5.41, 5.74) is 12.2. The molecule has 2 aromatic carbocycles. The molecule has 0 radical (unpaired) electrons. The Morgan fingerprint density at radius 3 is 1.50 bits per heavy atom. The van der Waals surface area contributed by atoms with Gasteiger partial charge in [-0.15, -0.1) is 0 Å². The lowest BCUT2D eigenvalue weighted by Crippen LogP contribution is -2.28. The first-order valence-corrected chi connectivity index (χ1v) is 9.14. The van der Waals surface area contributed by atoms with Crippen LogP contribution in [-0.2, 0) is 25.9 Å². The number of rotatable bonds is 1. The van der Waals surface area contributed by atoms with E-state index in [1.165, 1.54) is 48.2 Å². The summed E-state index contributed by atoms with van der Waals surface area (Å²) in [6.07, 6.45) is 2.34. The standard InChI is InChI=1S/C22H28N2/c1-15-5-7-17-13-23(3)11-9-19(17)21(15)22-16(2)6-8-18-14-24(4)12-10-20(18)22/h5-8H,9-14H2,1-4H3. The molecule has 0 amide bonds. The summed E-state index contributed by atoms with van der Waals surface area (Å²) < 4.78 is 0. The summed E-state index contributed by atoms with van der Waals surface area (Å²) in [5, 5.41) is 0. The van der Waals surface area contributed by atoms with Gasteiger partial charge in [0.15, 0.2) is 0 Å². The summed E-state index contributed by atoms with van der Waals surface area (Å²) in [4.78, 5) is 4.87. The van der Waals surface area contributed by atoms with Gasteiger partial charge in [-0.1, -0.05) is 24.3 Å². The van der Waals surface area contributed by atoms with Crippen LogP contribution in [0.5, 0.6) is 0 Å². The number of hydrogen-bond donors (Lipinski definition) is 0. The Balaban J connectivity index is 1.95. The molecule has 2 nitrogen and oxygen atoms in total. The second kappa shape index (κ2) is 6.02. The van der Waals surface area contributed by atoms with E-state index in [1.807, 2.05) is 0 Å². The third-order valence-corrected chi connectivity index (χ3v) is 5.85. The lowest BCUT2D eigenvalue weighted by atomic mass is 9.81. The minimum atomic E-state index is 1.08. The van der Waals surface area contributed by atoms with E-state index in [2.05, 4.69) is 62.0 Å². The molecule has 0 fully saturated rings. The summed E-state index contributed by atoms with van der Waals surface area (Å²) in [7, 11) is 4.46. The molecule has 2 aromatic rings. The molecule has 0 saturated carbocycles. The average Bonchev–Trinajstić information content (AvgIpc) is 2.56. The number of benzene rings is 2. The minimum Gasteiger partial charge on any atom is -0.302 e. The predicted octanol–water partition coefficient (Wildman–Crippen LogP) is 3.95. The van der Waals surface area contributed by atoms with Gasteiger partial charge in [-0.05, 0) is 85.3 Å². The average molecular weight is 320 g/mol. The van der Waals surface area contributed by atoms with Crippen molar-refractivity contribution >= 4 is 0 Å². The zero-order valence-electron chi connectivity index (χ0n) is 15.4. The Labute approximate surface area is 146 Å². The molecule has 126 valence electrons. The quantitative estimate of drug-likeness (QED) is 0.785. The van der Waals surface area contributed by atoms with Crippen LogP contribution < -0.4 is 0 Å². The van der Waals surface area contributed by atoms with Crippen LogP contribution in [0.25, 0.3) is 11.1 Å². The van der Waals surface area contributed by atoms with Crippen LogP contribution in [0.15, 0.2) is 24.3 Å². The molecule has 0 aliphatic carbocycles. The van der Waals surface area contributed by atoms with Gasteiger partial charge < -0.3 is 9.80 Å². The van der Waals surface area contributed by atoms with Crippen LogP contribution >= 0.6 is 0 Å². The highest BCUT2D eigenvalue weighted by Gasteiger charge is 2.24. The smallest absolute Gasteiger partial charge is 0.0233 e. The monoisotopic (exact) mass is 320 g/mol. The molecule has 2 aliphatic rings. The van der Waals surface area contributed by atoms with E-state index in [1.54, 1.807) is 22.3 Å². The summed E-state index contributed by atoms with van der Waals surface area (Å²) in [6, 6.07) is 9.37. The second-order valence-corrected chi connectivity index (χ2v) is 7.77. The zero-order valence-corrected chi connectivity index (χ0v) is 15.4.